The van der Waals surface area contributed by atoms with Gasteiger partial charge in [0.25, 0.3) is 11.2 Å². The molecule has 0 aliphatic heterocycles. The first-order chi connectivity index (χ1) is 17.4. The minimum absolute atomic E-state index is 0.106. The predicted octanol–water partition coefficient (Wildman–Crippen LogP) is 5.75. The standard InChI is InChI=1S/C29H37ClF2N2O2S/c1-6-21(9-15-27(35)22-10-12-23(30)13-11-22)18-34(5)19-26-20(3)8-14-25(24(26)7-2)28(36)33-16-17-37-29(4,31)32/h8,10-14,19,21H,3,6-7,9,15-18H2,1-2,4-5H3,(H,33,36)/b26-19+. The van der Waals surface area contributed by atoms with Gasteiger partial charge in [-0.3, -0.25) is 9.59 Å². The van der Waals surface area contributed by atoms with Crippen molar-refractivity contribution in [3.8, 4) is 0 Å². The number of thioether (sulfide) groups is 1. The molecule has 4 nitrogen and oxygen atoms in total. The molecule has 37 heavy (non-hydrogen) atoms. The summed E-state index contributed by atoms with van der Waals surface area (Å²) in [5.74, 6) is 0.276. The largest absolute Gasteiger partial charge is 0.380 e. The van der Waals surface area contributed by atoms with Crippen molar-refractivity contribution in [3.63, 3.8) is 0 Å². The molecule has 0 aromatic heterocycles. The summed E-state index contributed by atoms with van der Waals surface area (Å²) in [6.45, 7) is 10.0. The lowest BCUT2D eigenvalue weighted by atomic mass is 9.96. The van der Waals surface area contributed by atoms with E-state index in [9.17, 15) is 18.4 Å². The molecule has 2 aromatic carbocycles. The van der Waals surface area contributed by atoms with Crippen molar-refractivity contribution >= 4 is 47.8 Å². The van der Waals surface area contributed by atoms with E-state index in [1.165, 1.54) is 0 Å². The lowest BCUT2D eigenvalue weighted by molar-refractivity contribution is 0.0951. The van der Waals surface area contributed by atoms with Gasteiger partial charge in [-0.1, -0.05) is 56.3 Å². The van der Waals surface area contributed by atoms with Gasteiger partial charge in [0.1, 0.15) is 0 Å². The van der Waals surface area contributed by atoms with Crippen molar-refractivity contribution in [2.45, 2.75) is 51.7 Å². The van der Waals surface area contributed by atoms with E-state index in [1.54, 1.807) is 30.3 Å². The van der Waals surface area contributed by atoms with Crippen LogP contribution in [-0.4, -0.2) is 47.7 Å². The van der Waals surface area contributed by atoms with E-state index in [0.717, 1.165) is 42.3 Å². The number of ketones is 1. The third kappa shape index (κ3) is 10.1. The molecule has 0 bridgehead atoms. The van der Waals surface area contributed by atoms with E-state index < -0.39 is 5.25 Å². The Morgan fingerprint density at radius 2 is 1.86 bits per heavy atom. The molecule has 0 saturated carbocycles. The van der Waals surface area contributed by atoms with Crippen molar-refractivity contribution in [1.29, 1.82) is 0 Å². The van der Waals surface area contributed by atoms with Crippen molar-refractivity contribution < 1.29 is 18.4 Å². The van der Waals surface area contributed by atoms with Gasteiger partial charge in [0, 0.05) is 66.8 Å². The second-order valence-corrected chi connectivity index (χ2v) is 11.1. The lowest BCUT2D eigenvalue weighted by Crippen LogP contribution is -2.36. The molecule has 1 N–H and O–H groups in total. The Morgan fingerprint density at radius 1 is 1.19 bits per heavy atom. The number of hydrogen-bond donors (Lipinski definition) is 1. The summed E-state index contributed by atoms with van der Waals surface area (Å²) in [6.07, 6.45) is 4.80. The number of halogens is 3. The van der Waals surface area contributed by atoms with Crippen LogP contribution in [0.3, 0.4) is 0 Å². The molecule has 1 amide bonds. The maximum absolute atomic E-state index is 13.0. The first-order valence-corrected chi connectivity index (χ1v) is 13.9. The highest BCUT2D eigenvalue weighted by Gasteiger charge is 2.21. The summed E-state index contributed by atoms with van der Waals surface area (Å²) < 4.78 is 26.0. The Hall–Kier alpha value is -2.38. The Labute approximate surface area is 228 Å². The number of benzene rings is 2. The normalized spacial score (nSPS) is 12.9. The lowest BCUT2D eigenvalue weighted by Gasteiger charge is -2.22. The second kappa shape index (κ2) is 14.5. The monoisotopic (exact) mass is 550 g/mol. The summed E-state index contributed by atoms with van der Waals surface area (Å²) in [5, 5.41) is 2.24. The predicted molar refractivity (Wildman–Crippen MR) is 152 cm³/mol. The molecule has 0 fully saturated rings. The fourth-order valence-corrected chi connectivity index (χ4v) is 4.87. The van der Waals surface area contributed by atoms with Gasteiger partial charge in [0.2, 0.25) is 0 Å². The van der Waals surface area contributed by atoms with E-state index in [-0.39, 0.29) is 24.0 Å². The summed E-state index contributed by atoms with van der Waals surface area (Å²) in [5.41, 5.74) is 2.07. The number of alkyl halides is 2. The molecule has 0 saturated heterocycles. The molecule has 0 aliphatic rings. The molecule has 2 aromatic rings. The van der Waals surface area contributed by atoms with Crippen molar-refractivity contribution in [2.24, 2.45) is 5.92 Å². The maximum Gasteiger partial charge on any atom is 0.291 e. The van der Waals surface area contributed by atoms with Crippen LogP contribution in [0.15, 0.2) is 36.4 Å². The van der Waals surface area contributed by atoms with Crippen LogP contribution in [0.4, 0.5) is 8.78 Å². The van der Waals surface area contributed by atoms with Crippen molar-refractivity contribution in [1.82, 2.24) is 10.2 Å². The van der Waals surface area contributed by atoms with Gasteiger partial charge in [-0.2, -0.15) is 8.78 Å². The van der Waals surface area contributed by atoms with Crippen LogP contribution in [-0.2, 0) is 6.42 Å². The van der Waals surface area contributed by atoms with E-state index in [4.69, 9.17) is 11.6 Å². The van der Waals surface area contributed by atoms with Crippen LogP contribution in [0.2, 0.25) is 5.02 Å². The molecule has 0 radical (unpaired) electrons. The molecule has 2 rings (SSSR count). The van der Waals surface area contributed by atoms with Gasteiger partial charge in [0.15, 0.2) is 5.78 Å². The molecule has 0 spiro atoms. The number of nitrogens with one attached hydrogen (secondary N) is 1. The first kappa shape index (κ1) is 30.8. The molecule has 202 valence electrons. The summed E-state index contributed by atoms with van der Waals surface area (Å²) in [6, 6.07) is 10.5. The fraction of sp³-hybridized carbons (Fsp3) is 0.448. The van der Waals surface area contributed by atoms with Gasteiger partial charge < -0.3 is 10.2 Å². The van der Waals surface area contributed by atoms with Crippen LogP contribution in [0.25, 0.3) is 12.8 Å². The van der Waals surface area contributed by atoms with Gasteiger partial charge in [-0.25, -0.2) is 0 Å². The minimum atomic E-state index is -2.82. The zero-order valence-corrected chi connectivity index (χ0v) is 23.7. The third-order valence-corrected chi connectivity index (χ3v) is 7.37. The van der Waals surface area contributed by atoms with Crippen LogP contribution < -0.4 is 15.8 Å². The topological polar surface area (TPSA) is 49.4 Å². The highest BCUT2D eigenvalue weighted by atomic mass is 35.5. The van der Waals surface area contributed by atoms with Gasteiger partial charge in [-0.05, 0) is 59.9 Å². The zero-order valence-electron chi connectivity index (χ0n) is 22.1. The third-order valence-electron chi connectivity index (χ3n) is 6.21. The SMILES string of the molecule is C=c1ccc(C(=O)NCCSC(C)(F)F)c(CC)/c1=C/N(C)CC(CC)CCC(=O)c1ccc(Cl)cc1. The highest BCUT2D eigenvalue weighted by Crippen LogP contribution is 2.27. The van der Waals surface area contributed by atoms with Crippen LogP contribution in [0.5, 0.6) is 0 Å². The Balaban J connectivity index is 2.10. The van der Waals surface area contributed by atoms with E-state index in [0.29, 0.717) is 46.7 Å². The van der Waals surface area contributed by atoms with Gasteiger partial charge in [-0.15, -0.1) is 0 Å². The Bertz CT molecular complexity index is 1170. The number of rotatable bonds is 14. The van der Waals surface area contributed by atoms with Gasteiger partial charge >= 0.3 is 0 Å². The number of Topliss-reactive ketones (excluding diaryl/α,β-unsaturated/α-hetero) is 1. The average molecular weight is 551 g/mol. The van der Waals surface area contributed by atoms with Crippen LogP contribution in [0.1, 0.15) is 66.3 Å². The zero-order chi connectivity index (χ0) is 27.6. The molecular formula is C29H37ClF2N2O2S. The minimum Gasteiger partial charge on any atom is -0.380 e. The number of hydrogen-bond acceptors (Lipinski definition) is 4. The second-order valence-electron chi connectivity index (χ2n) is 9.24. The molecule has 0 aliphatic carbocycles. The van der Waals surface area contributed by atoms with E-state index in [2.05, 4.69) is 23.7 Å². The average Bonchev–Trinajstić information content (AvgIpc) is 2.84. The first-order valence-electron chi connectivity index (χ1n) is 12.6. The van der Waals surface area contributed by atoms with Gasteiger partial charge in [0.05, 0.1) is 0 Å². The number of carbonyl (C=O) groups excluding carboxylic acids is 2. The molecule has 1 unspecified atom stereocenters. The fourth-order valence-electron chi connectivity index (χ4n) is 4.18. The Morgan fingerprint density at radius 3 is 2.46 bits per heavy atom. The maximum atomic E-state index is 13.0. The highest BCUT2D eigenvalue weighted by molar-refractivity contribution is 8.00. The van der Waals surface area contributed by atoms with Crippen molar-refractivity contribution in [2.75, 3.05) is 25.9 Å². The molecule has 0 heterocycles. The summed E-state index contributed by atoms with van der Waals surface area (Å²) in [4.78, 5) is 27.5. The van der Waals surface area contributed by atoms with E-state index in [1.807, 2.05) is 26.2 Å². The Kier molecular flexibility index (Phi) is 12.1. The molecule has 8 heteroatoms. The smallest absolute Gasteiger partial charge is 0.291 e. The number of carbonyl (C=O) groups is 2. The molecule has 1 atom stereocenters. The number of amides is 1. The van der Waals surface area contributed by atoms with E-state index >= 15 is 0 Å². The summed E-state index contributed by atoms with van der Waals surface area (Å²) >= 11 is 6.43. The van der Waals surface area contributed by atoms with Crippen LogP contribution >= 0.6 is 23.4 Å². The number of nitrogens with zero attached hydrogens (tertiary/aromatic N) is 1. The van der Waals surface area contributed by atoms with Crippen LogP contribution in [0, 0.1) is 5.92 Å². The quantitative estimate of drug-likeness (QED) is 0.240. The van der Waals surface area contributed by atoms with Crippen molar-refractivity contribution in [3.05, 3.63) is 68.5 Å². The summed E-state index contributed by atoms with van der Waals surface area (Å²) in [7, 11) is 1.98. The molecular weight excluding hydrogens is 514 g/mol.